The van der Waals surface area contributed by atoms with Crippen LogP contribution in [0.4, 0.5) is 8.78 Å². The molecular formula is C12H14F2N2O. The van der Waals surface area contributed by atoms with E-state index in [1.54, 1.807) is 0 Å². The van der Waals surface area contributed by atoms with Crippen molar-refractivity contribution in [1.29, 1.82) is 0 Å². The zero-order valence-electron chi connectivity index (χ0n) is 9.33. The van der Waals surface area contributed by atoms with Gasteiger partial charge in [0, 0.05) is 13.1 Å². The van der Waals surface area contributed by atoms with E-state index >= 15 is 0 Å². The van der Waals surface area contributed by atoms with Crippen LogP contribution in [0.5, 0.6) is 0 Å². The van der Waals surface area contributed by atoms with Crippen molar-refractivity contribution in [3.05, 3.63) is 35.4 Å². The molecule has 1 aliphatic rings. The van der Waals surface area contributed by atoms with Gasteiger partial charge in [-0.1, -0.05) is 6.07 Å². The van der Waals surface area contributed by atoms with E-state index in [9.17, 15) is 13.6 Å². The summed E-state index contributed by atoms with van der Waals surface area (Å²) in [6, 6.07) is 3.64. The first kappa shape index (κ1) is 12.0. The third kappa shape index (κ3) is 2.29. The number of carbonyl (C=O) groups is 1. The Morgan fingerprint density at radius 1 is 1.47 bits per heavy atom. The zero-order chi connectivity index (χ0) is 12.4. The summed E-state index contributed by atoms with van der Waals surface area (Å²) in [5.74, 6) is -2.27. The molecule has 5 heteroatoms. The molecular weight excluding hydrogens is 226 g/mol. The molecule has 1 aromatic rings. The average molecular weight is 240 g/mol. The Labute approximate surface area is 98.2 Å². The predicted molar refractivity (Wildman–Crippen MR) is 59.4 cm³/mol. The van der Waals surface area contributed by atoms with E-state index in [0.717, 1.165) is 12.5 Å². The van der Waals surface area contributed by atoms with E-state index in [0.29, 0.717) is 19.6 Å². The molecule has 3 nitrogen and oxygen atoms in total. The lowest BCUT2D eigenvalue weighted by atomic mass is 10.1. The summed E-state index contributed by atoms with van der Waals surface area (Å²) in [5, 5.41) is 0. The van der Waals surface area contributed by atoms with Gasteiger partial charge in [0.05, 0.1) is 5.56 Å². The molecule has 1 amide bonds. The number of nitrogens with zero attached hydrogens (tertiary/aromatic N) is 1. The maximum atomic E-state index is 13.4. The van der Waals surface area contributed by atoms with E-state index in [4.69, 9.17) is 5.73 Å². The molecule has 1 heterocycles. The minimum absolute atomic E-state index is 0.206. The Morgan fingerprint density at radius 3 is 2.88 bits per heavy atom. The highest BCUT2D eigenvalue weighted by Gasteiger charge is 2.28. The van der Waals surface area contributed by atoms with Crippen LogP contribution in [0.1, 0.15) is 16.8 Å². The van der Waals surface area contributed by atoms with Crippen LogP contribution in [0.25, 0.3) is 0 Å². The van der Waals surface area contributed by atoms with Crippen molar-refractivity contribution >= 4 is 5.91 Å². The van der Waals surface area contributed by atoms with Gasteiger partial charge in [-0.3, -0.25) is 4.79 Å². The van der Waals surface area contributed by atoms with E-state index in [1.165, 1.54) is 17.0 Å². The Kier molecular flexibility index (Phi) is 3.38. The van der Waals surface area contributed by atoms with Crippen LogP contribution in [0.2, 0.25) is 0 Å². The van der Waals surface area contributed by atoms with Gasteiger partial charge in [0.1, 0.15) is 0 Å². The van der Waals surface area contributed by atoms with Gasteiger partial charge in [0.2, 0.25) is 0 Å². The van der Waals surface area contributed by atoms with Crippen molar-refractivity contribution < 1.29 is 13.6 Å². The normalized spacial score (nSPS) is 19.7. The SMILES string of the molecule is NC[C@@H]1CCN(C(=O)c2cccc(F)c2F)C1. The Bertz CT molecular complexity index is 437. The highest BCUT2D eigenvalue weighted by Crippen LogP contribution is 2.20. The van der Waals surface area contributed by atoms with Crippen LogP contribution in [-0.4, -0.2) is 30.4 Å². The summed E-state index contributed by atoms with van der Waals surface area (Å²) in [7, 11) is 0. The van der Waals surface area contributed by atoms with Gasteiger partial charge >= 0.3 is 0 Å². The first-order valence-electron chi connectivity index (χ1n) is 5.57. The van der Waals surface area contributed by atoms with Crippen molar-refractivity contribution in [2.75, 3.05) is 19.6 Å². The Morgan fingerprint density at radius 2 is 2.24 bits per heavy atom. The summed E-state index contributed by atoms with van der Waals surface area (Å²) in [5.41, 5.74) is 5.31. The van der Waals surface area contributed by atoms with E-state index < -0.39 is 17.5 Å². The van der Waals surface area contributed by atoms with Gasteiger partial charge in [0.25, 0.3) is 5.91 Å². The van der Waals surface area contributed by atoms with Crippen molar-refractivity contribution in [2.24, 2.45) is 11.7 Å². The average Bonchev–Trinajstić information content (AvgIpc) is 2.80. The first-order chi connectivity index (χ1) is 8.13. The van der Waals surface area contributed by atoms with Crippen molar-refractivity contribution in [2.45, 2.75) is 6.42 Å². The fourth-order valence-corrected chi connectivity index (χ4v) is 2.05. The molecule has 17 heavy (non-hydrogen) atoms. The second-order valence-electron chi connectivity index (χ2n) is 4.24. The first-order valence-corrected chi connectivity index (χ1v) is 5.57. The van der Waals surface area contributed by atoms with Crippen LogP contribution < -0.4 is 5.73 Å². The van der Waals surface area contributed by atoms with E-state index in [2.05, 4.69) is 0 Å². The van der Waals surface area contributed by atoms with E-state index in [1.807, 2.05) is 0 Å². The number of rotatable bonds is 2. The largest absolute Gasteiger partial charge is 0.338 e. The molecule has 0 saturated carbocycles. The second kappa shape index (κ2) is 4.79. The number of likely N-dealkylation sites (tertiary alicyclic amines) is 1. The highest BCUT2D eigenvalue weighted by atomic mass is 19.2. The fourth-order valence-electron chi connectivity index (χ4n) is 2.05. The van der Waals surface area contributed by atoms with Gasteiger partial charge in [0.15, 0.2) is 11.6 Å². The van der Waals surface area contributed by atoms with Crippen LogP contribution >= 0.6 is 0 Å². The predicted octanol–water partition coefficient (Wildman–Crippen LogP) is 1.39. The molecule has 0 radical (unpaired) electrons. The number of hydrogen-bond acceptors (Lipinski definition) is 2. The zero-order valence-corrected chi connectivity index (χ0v) is 9.33. The number of carbonyl (C=O) groups excluding carboxylic acids is 1. The lowest BCUT2D eigenvalue weighted by Crippen LogP contribution is -2.30. The molecule has 2 rings (SSSR count). The molecule has 0 bridgehead atoms. The number of halogens is 2. The number of hydrogen-bond donors (Lipinski definition) is 1. The van der Waals surface area contributed by atoms with E-state index in [-0.39, 0.29) is 11.5 Å². The van der Waals surface area contributed by atoms with Crippen LogP contribution in [0.15, 0.2) is 18.2 Å². The van der Waals surface area contributed by atoms with Gasteiger partial charge in [-0.25, -0.2) is 8.78 Å². The summed E-state index contributed by atoms with van der Waals surface area (Å²) >= 11 is 0. The molecule has 1 saturated heterocycles. The standard InChI is InChI=1S/C12H14F2N2O/c13-10-3-1-2-9(11(10)14)12(17)16-5-4-8(6-15)7-16/h1-3,8H,4-7,15H2/t8-/m0/s1. The summed E-state index contributed by atoms with van der Waals surface area (Å²) < 4.78 is 26.4. The maximum absolute atomic E-state index is 13.4. The quantitative estimate of drug-likeness (QED) is 0.849. The smallest absolute Gasteiger partial charge is 0.256 e. The second-order valence-corrected chi connectivity index (χ2v) is 4.24. The van der Waals surface area contributed by atoms with Gasteiger partial charge < -0.3 is 10.6 Å². The number of nitrogens with two attached hydrogens (primary N) is 1. The third-order valence-corrected chi connectivity index (χ3v) is 3.09. The summed E-state index contributed by atoms with van der Waals surface area (Å²) in [6.45, 7) is 1.58. The van der Waals surface area contributed by atoms with Gasteiger partial charge in [-0.2, -0.15) is 0 Å². The maximum Gasteiger partial charge on any atom is 0.256 e. The minimum Gasteiger partial charge on any atom is -0.338 e. The lowest BCUT2D eigenvalue weighted by molar-refractivity contribution is 0.0782. The lowest BCUT2D eigenvalue weighted by Gasteiger charge is -2.16. The van der Waals surface area contributed by atoms with Crippen LogP contribution in [-0.2, 0) is 0 Å². The fraction of sp³-hybridized carbons (Fsp3) is 0.417. The van der Waals surface area contributed by atoms with Crippen LogP contribution in [0, 0.1) is 17.6 Å². The topological polar surface area (TPSA) is 46.3 Å². The Hall–Kier alpha value is -1.49. The van der Waals surface area contributed by atoms with Crippen molar-refractivity contribution in [3.63, 3.8) is 0 Å². The number of amides is 1. The third-order valence-electron chi connectivity index (χ3n) is 3.09. The molecule has 2 N–H and O–H groups in total. The molecule has 0 spiro atoms. The molecule has 0 unspecified atom stereocenters. The molecule has 0 aromatic heterocycles. The van der Waals surface area contributed by atoms with Crippen molar-refractivity contribution in [1.82, 2.24) is 4.90 Å². The highest BCUT2D eigenvalue weighted by molar-refractivity contribution is 5.94. The van der Waals surface area contributed by atoms with Crippen molar-refractivity contribution in [3.8, 4) is 0 Å². The van der Waals surface area contributed by atoms with Gasteiger partial charge in [-0.05, 0) is 31.0 Å². The summed E-state index contributed by atoms with van der Waals surface area (Å²) in [4.78, 5) is 13.5. The molecule has 1 aromatic carbocycles. The molecule has 1 fully saturated rings. The molecule has 1 atom stereocenters. The monoisotopic (exact) mass is 240 g/mol. The molecule has 92 valence electrons. The summed E-state index contributed by atoms with van der Waals surface area (Å²) in [6.07, 6.45) is 0.819. The molecule has 1 aliphatic heterocycles. The molecule has 0 aliphatic carbocycles. The van der Waals surface area contributed by atoms with Crippen LogP contribution in [0.3, 0.4) is 0 Å². The van der Waals surface area contributed by atoms with Gasteiger partial charge in [-0.15, -0.1) is 0 Å². The Balaban J connectivity index is 2.18. The number of benzene rings is 1. The minimum atomic E-state index is -1.08.